The molecule has 0 heterocycles. The largest absolute Gasteiger partial charge is 0.461 e. The number of anilines is 1. The van der Waals surface area contributed by atoms with E-state index < -0.39 is 5.97 Å². The van der Waals surface area contributed by atoms with Crippen LogP contribution >= 0.6 is 11.6 Å². The van der Waals surface area contributed by atoms with Crippen molar-refractivity contribution in [1.82, 2.24) is 0 Å². The van der Waals surface area contributed by atoms with E-state index in [-0.39, 0.29) is 0 Å². The second-order valence-corrected chi connectivity index (χ2v) is 3.87. The number of carbonyl (C=O) groups is 1. The van der Waals surface area contributed by atoms with Gasteiger partial charge in [-0.25, -0.2) is 4.79 Å². The van der Waals surface area contributed by atoms with Crippen LogP contribution < -0.4 is 4.90 Å². The Morgan fingerprint density at radius 3 is 2.94 bits per heavy atom. The number of rotatable bonds is 6. The Morgan fingerprint density at radius 1 is 1.59 bits per heavy atom. The molecule has 0 aromatic heterocycles. The Morgan fingerprint density at radius 2 is 2.35 bits per heavy atom. The van der Waals surface area contributed by atoms with Gasteiger partial charge in [-0.3, -0.25) is 0 Å². The number of hydrogen-bond donors (Lipinski definition) is 0. The summed E-state index contributed by atoms with van der Waals surface area (Å²) in [7, 11) is 0. The summed E-state index contributed by atoms with van der Waals surface area (Å²) in [4.78, 5) is 13.0. The van der Waals surface area contributed by atoms with Crippen LogP contribution in [0.4, 0.5) is 5.69 Å². The lowest BCUT2D eigenvalue weighted by molar-refractivity contribution is -0.137. The fraction of sp³-hybridized carbons (Fsp3) is 0.308. The molecule has 0 fully saturated rings. The van der Waals surface area contributed by atoms with Gasteiger partial charge in [0.1, 0.15) is 6.61 Å². The number of carbonyl (C=O) groups excluding carboxylic acids is 1. The van der Waals surface area contributed by atoms with E-state index in [1.165, 1.54) is 0 Å². The lowest BCUT2D eigenvalue weighted by atomic mass is 10.3. The zero-order chi connectivity index (χ0) is 12.7. The first-order chi connectivity index (χ1) is 8.17. The molecule has 1 rings (SSSR count). The van der Waals surface area contributed by atoms with Crippen molar-refractivity contribution >= 4 is 23.3 Å². The molecule has 0 saturated carbocycles. The molecule has 1 aromatic carbocycles. The van der Waals surface area contributed by atoms with E-state index in [1.807, 2.05) is 31.2 Å². The van der Waals surface area contributed by atoms with Gasteiger partial charge < -0.3 is 9.64 Å². The minimum Gasteiger partial charge on any atom is -0.461 e. The maximum atomic E-state index is 10.9. The number of benzene rings is 1. The highest BCUT2D eigenvalue weighted by atomic mass is 35.5. The van der Waals surface area contributed by atoms with Crippen molar-refractivity contribution in [2.75, 3.05) is 24.6 Å². The molecule has 0 bridgehead atoms. The minimum absolute atomic E-state index is 0.338. The summed E-state index contributed by atoms with van der Waals surface area (Å²) in [6, 6.07) is 7.60. The zero-order valence-electron chi connectivity index (χ0n) is 9.86. The molecule has 0 aliphatic heterocycles. The summed E-state index contributed by atoms with van der Waals surface area (Å²) >= 11 is 5.93. The fourth-order valence-electron chi connectivity index (χ4n) is 1.46. The fourth-order valence-corrected chi connectivity index (χ4v) is 1.64. The van der Waals surface area contributed by atoms with Crippen LogP contribution in [0.3, 0.4) is 0 Å². The van der Waals surface area contributed by atoms with Crippen LogP contribution in [0, 0.1) is 0 Å². The topological polar surface area (TPSA) is 29.5 Å². The molecule has 0 aliphatic carbocycles. The quantitative estimate of drug-likeness (QED) is 0.577. The smallest absolute Gasteiger partial charge is 0.330 e. The van der Waals surface area contributed by atoms with Crippen molar-refractivity contribution in [1.29, 1.82) is 0 Å². The van der Waals surface area contributed by atoms with Crippen LogP contribution in [0.5, 0.6) is 0 Å². The molecule has 92 valence electrons. The first-order valence-electron chi connectivity index (χ1n) is 5.47. The predicted molar refractivity (Wildman–Crippen MR) is 70.5 cm³/mol. The van der Waals surface area contributed by atoms with Crippen molar-refractivity contribution in [3.8, 4) is 0 Å². The van der Waals surface area contributed by atoms with Gasteiger partial charge >= 0.3 is 5.97 Å². The highest BCUT2D eigenvalue weighted by molar-refractivity contribution is 6.30. The van der Waals surface area contributed by atoms with Crippen molar-refractivity contribution in [2.24, 2.45) is 0 Å². The van der Waals surface area contributed by atoms with E-state index in [2.05, 4.69) is 11.5 Å². The van der Waals surface area contributed by atoms with E-state index >= 15 is 0 Å². The molecule has 0 amide bonds. The van der Waals surface area contributed by atoms with Crippen LogP contribution in [0.25, 0.3) is 0 Å². The van der Waals surface area contributed by atoms with Crippen LogP contribution in [-0.4, -0.2) is 25.7 Å². The van der Waals surface area contributed by atoms with E-state index in [9.17, 15) is 4.79 Å². The number of hydrogen-bond acceptors (Lipinski definition) is 3. The van der Waals surface area contributed by atoms with E-state index in [0.717, 1.165) is 18.3 Å². The molecule has 0 atom stereocenters. The standard InChI is InChI=1S/C13H16ClNO2/c1-3-13(16)17-9-8-15(4-2)12-7-5-6-11(14)10-12/h3,5-7,10H,1,4,8-9H2,2H3. The van der Waals surface area contributed by atoms with Gasteiger partial charge in [-0.15, -0.1) is 0 Å². The lowest BCUT2D eigenvalue weighted by Gasteiger charge is -2.22. The van der Waals surface area contributed by atoms with Gasteiger partial charge in [-0.2, -0.15) is 0 Å². The Kier molecular flexibility index (Phi) is 5.57. The molecule has 17 heavy (non-hydrogen) atoms. The molecular formula is C13H16ClNO2. The van der Waals surface area contributed by atoms with Crippen molar-refractivity contribution < 1.29 is 9.53 Å². The molecule has 1 aromatic rings. The van der Waals surface area contributed by atoms with E-state index in [1.54, 1.807) is 0 Å². The monoisotopic (exact) mass is 253 g/mol. The highest BCUT2D eigenvalue weighted by Gasteiger charge is 2.05. The van der Waals surface area contributed by atoms with Gasteiger partial charge in [0, 0.05) is 23.3 Å². The lowest BCUT2D eigenvalue weighted by Crippen LogP contribution is -2.27. The molecule has 0 radical (unpaired) electrons. The second kappa shape index (κ2) is 6.97. The van der Waals surface area contributed by atoms with Crippen LogP contribution in [0.1, 0.15) is 6.92 Å². The zero-order valence-corrected chi connectivity index (χ0v) is 10.6. The minimum atomic E-state index is -0.396. The third-order valence-corrected chi connectivity index (χ3v) is 2.56. The molecule has 0 spiro atoms. The summed E-state index contributed by atoms with van der Waals surface area (Å²) in [6.45, 7) is 7.18. The third-order valence-electron chi connectivity index (χ3n) is 2.33. The van der Waals surface area contributed by atoms with Gasteiger partial charge in [0.15, 0.2) is 0 Å². The van der Waals surface area contributed by atoms with E-state index in [0.29, 0.717) is 18.2 Å². The first-order valence-corrected chi connectivity index (χ1v) is 5.85. The highest BCUT2D eigenvalue weighted by Crippen LogP contribution is 2.18. The number of halogens is 1. The number of nitrogens with zero attached hydrogens (tertiary/aromatic N) is 1. The summed E-state index contributed by atoms with van der Waals surface area (Å²) in [5.41, 5.74) is 1.02. The first kappa shape index (κ1) is 13.6. The van der Waals surface area contributed by atoms with Crippen molar-refractivity contribution in [3.05, 3.63) is 41.9 Å². The van der Waals surface area contributed by atoms with Gasteiger partial charge in [0.05, 0.1) is 6.54 Å². The Balaban J connectivity index is 2.54. The third kappa shape index (κ3) is 4.49. The summed E-state index contributed by atoms with van der Waals surface area (Å²) in [5.74, 6) is -0.396. The second-order valence-electron chi connectivity index (χ2n) is 3.43. The van der Waals surface area contributed by atoms with Gasteiger partial charge in [0.2, 0.25) is 0 Å². The maximum absolute atomic E-state index is 10.9. The average molecular weight is 254 g/mol. The van der Waals surface area contributed by atoms with Crippen LogP contribution in [-0.2, 0) is 9.53 Å². The Labute approximate surface area is 107 Å². The summed E-state index contributed by atoms with van der Waals surface area (Å²) in [5, 5.41) is 0.698. The molecule has 0 unspecified atom stereocenters. The SMILES string of the molecule is C=CC(=O)OCCN(CC)c1cccc(Cl)c1. The van der Waals surface area contributed by atoms with Gasteiger partial charge in [-0.1, -0.05) is 24.2 Å². The molecule has 4 heteroatoms. The van der Waals surface area contributed by atoms with E-state index in [4.69, 9.17) is 16.3 Å². The van der Waals surface area contributed by atoms with Crippen molar-refractivity contribution in [2.45, 2.75) is 6.92 Å². The van der Waals surface area contributed by atoms with Crippen molar-refractivity contribution in [3.63, 3.8) is 0 Å². The maximum Gasteiger partial charge on any atom is 0.330 e. The predicted octanol–water partition coefficient (Wildman–Crippen LogP) is 2.90. The Hall–Kier alpha value is -1.48. The molecule has 0 aliphatic rings. The number of ether oxygens (including phenoxy) is 1. The molecular weight excluding hydrogens is 238 g/mol. The molecule has 3 nitrogen and oxygen atoms in total. The average Bonchev–Trinajstić information content (AvgIpc) is 2.34. The molecule has 0 N–H and O–H groups in total. The summed E-state index contributed by atoms with van der Waals surface area (Å²) in [6.07, 6.45) is 1.16. The van der Waals surface area contributed by atoms with Gasteiger partial charge in [0.25, 0.3) is 0 Å². The number of esters is 1. The van der Waals surface area contributed by atoms with Crippen LogP contribution in [0.15, 0.2) is 36.9 Å². The number of likely N-dealkylation sites (N-methyl/N-ethyl adjacent to an activating group) is 1. The molecule has 0 saturated heterocycles. The summed E-state index contributed by atoms with van der Waals surface area (Å²) < 4.78 is 4.94. The van der Waals surface area contributed by atoms with Gasteiger partial charge in [-0.05, 0) is 25.1 Å². The Bertz CT molecular complexity index is 393. The normalized spacial score (nSPS) is 9.76. The van der Waals surface area contributed by atoms with Crippen LogP contribution in [0.2, 0.25) is 5.02 Å².